The largest absolute Gasteiger partial charge is 0.348 e. The maximum Gasteiger partial charge on any atom is 0.223 e. The first-order valence-electron chi connectivity index (χ1n) is 7.13. The molecule has 0 aliphatic heterocycles. The lowest BCUT2D eigenvalue weighted by Crippen LogP contribution is -2.34. The second kappa shape index (κ2) is 7.07. The van der Waals surface area contributed by atoms with E-state index in [0.29, 0.717) is 5.56 Å². The van der Waals surface area contributed by atoms with Gasteiger partial charge in [-0.15, -0.1) is 0 Å². The monoisotopic (exact) mass is 259 g/mol. The second-order valence-corrected chi connectivity index (χ2v) is 5.20. The van der Waals surface area contributed by atoms with Crippen molar-refractivity contribution < 1.29 is 9.59 Å². The van der Waals surface area contributed by atoms with E-state index in [2.05, 4.69) is 5.32 Å². The molecule has 1 amide bonds. The predicted octanol–water partition coefficient (Wildman–Crippen LogP) is 2.96. The molecule has 3 nitrogen and oxygen atoms in total. The number of nitrogens with one attached hydrogen (secondary N) is 1. The van der Waals surface area contributed by atoms with Gasteiger partial charge in [0.25, 0.3) is 0 Å². The molecule has 0 saturated heterocycles. The summed E-state index contributed by atoms with van der Waals surface area (Å²) in [6.45, 7) is 0.110. The van der Waals surface area contributed by atoms with Gasteiger partial charge < -0.3 is 5.32 Å². The van der Waals surface area contributed by atoms with Gasteiger partial charge in [-0.05, 0) is 12.8 Å². The lowest BCUT2D eigenvalue weighted by Gasteiger charge is -2.13. The second-order valence-electron chi connectivity index (χ2n) is 5.20. The Bertz CT molecular complexity index is 420. The molecule has 1 aromatic carbocycles. The first kappa shape index (κ1) is 13.8. The number of benzene rings is 1. The van der Waals surface area contributed by atoms with Crippen molar-refractivity contribution in [3.8, 4) is 0 Å². The van der Waals surface area contributed by atoms with Gasteiger partial charge in [0.05, 0.1) is 6.54 Å². The van der Waals surface area contributed by atoms with Crippen LogP contribution < -0.4 is 5.32 Å². The molecule has 0 heterocycles. The highest BCUT2D eigenvalue weighted by Gasteiger charge is 2.20. The molecule has 0 aromatic heterocycles. The van der Waals surface area contributed by atoms with Crippen LogP contribution in [0.4, 0.5) is 0 Å². The highest BCUT2D eigenvalue weighted by molar-refractivity contribution is 5.99. The highest BCUT2D eigenvalue weighted by atomic mass is 16.2. The molecular weight excluding hydrogens is 238 g/mol. The molecule has 0 bridgehead atoms. The minimum Gasteiger partial charge on any atom is -0.348 e. The summed E-state index contributed by atoms with van der Waals surface area (Å²) in [5.74, 6) is 0.125. The summed E-state index contributed by atoms with van der Waals surface area (Å²) >= 11 is 0. The van der Waals surface area contributed by atoms with Gasteiger partial charge in [-0.25, -0.2) is 0 Å². The van der Waals surface area contributed by atoms with Crippen LogP contribution in [0.5, 0.6) is 0 Å². The van der Waals surface area contributed by atoms with Crippen LogP contribution in [0.25, 0.3) is 0 Å². The van der Waals surface area contributed by atoms with Gasteiger partial charge in [0.2, 0.25) is 5.91 Å². The molecule has 0 spiro atoms. The third-order valence-electron chi connectivity index (χ3n) is 3.74. The number of Topliss-reactive ketones (excluding diaryl/α,β-unsaturated/α-hetero) is 1. The summed E-state index contributed by atoms with van der Waals surface area (Å²) < 4.78 is 0. The summed E-state index contributed by atoms with van der Waals surface area (Å²) in [7, 11) is 0. The van der Waals surface area contributed by atoms with Crippen LogP contribution in [-0.2, 0) is 4.79 Å². The molecular formula is C16H21NO2. The zero-order valence-electron chi connectivity index (χ0n) is 11.2. The zero-order valence-corrected chi connectivity index (χ0v) is 11.2. The summed E-state index contributed by atoms with van der Waals surface area (Å²) in [4.78, 5) is 23.9. The SMILES string of the molecule is O=C(CNC(=O)C1CCCCCC1)c1ccccc1. The standard InChI is InChI=1S/C16H21NO2/c18-15(13-8-6-3-7-9-13)12-17-16(19)14-10-4-1-2-5-11-14/h3,6-9,14H,1-2,4-5,10-12H2,(H,17,19). The van der Waals surface area contributed by atoms with Crippen LogP contribution >= 0.6 is 0 Å². The number of hydrogen-bond acceptors (Lipinski definition) is 2. The fraction of sp³-hybridized carbons (Fsp3) is 0.500. The van der Waals surface area contributed by atoms with E-state index in [4.69, 9.17) is 0 Å². The van der Waals surface area contributed by atoms with Gasteiger partial charge in [0, 0.05) is 11.5 Å². The Labute approximate surface area is 114 Å². The van der Waals surface area contributed by atoms with E-state index in [9.17, 15) is 9.59 Å². The third kappa shape index (κ3) is 4.19. The zero-order chi connectivity index (χ0) is 13.5. The van der Waals surface area contributed by atoms with Crippen molar-refractivity contribution in [1.82, 2.24) is 5.32 Å². The fourth-order valence-electron chi connectivity index (χ4n) is 2.58. The van der Waals surface area contributed by atoms with Crippen LogP contribution in [-0.4, -0.2) is 18.2 Å². The summed E-state index contributed by atoms with van der Waals surface area (Å²) in [6.07, 6.45) is 6.64. The van der Waals surface area contributed by atoms with Gasteiger partial charge in [0.1, 0.15) is 0 Å². The smallest absolute Gasteiger partial charge is 0.223 e. The molecule has 1 fully saturated rings. The number of amides is 1. The van der Waals surface area contributed by atoms with E-state index >= 15 is 0 Å². The molecule has 0 unspecified atom stereocenters. The van der Waals surface area contributed by atoms with Crippen molar-refractivity contribution >= 4 is 11.7 Å². The lowest BCUT2D eigenvalue weighted by atomic mass is 9.99. The molecule has 0 radical (unpaired) electrons. The maximum atomic E-state index is 12.0. The van der Waals surface area contributed by atoms with Crippen molar-refractivity contribution in [3.63, 3.8) is 0 Å². The Morgan fingerprint density at radius 3 is 2.26 bits per heavy atom. The van der Waals surface area contributed by atoms with Crippen molar-refractivity contribution in [2.75, 3.05) is 6.54 Å². The molecule has 1 saturated carbocycles. The topological polar surface area (TPSA) is 46.2 Å². The Hall–Kier alpha value is -1.64. The summed E-state index contributed by atoms with van der Waals surface area (Å²) in [5, 5.41) is 2.79. The normalized spacial score (nSPS) is 16.6. The number of carbonyl (C=O) groups is 2. The molecule has 1 aromatic rings. The molecule has 3 heteroatoms. The number of carbonyl (C=O) groups excluding carboxylic acids is 2. The Balaban J connectivity index is 1.81. The molecule has 2 rings (SSSR count). The molecule has 1 N–H and O–H groups in total. The average molecular weight is 259 g/mol. The minimum atomic E-state index is -0.0254. The van der Waals surface area contributed by atoms with E-state index in [0.717, 1.165) is 25.7 Å². The Morgan fingerprint density at radius 1 is 1.00 bits per heavy atom. The first-order chi connectivity index (χ1) is 9.27. The quantitative estimate of drug-likeness (QED) is 0.667. The van der Waals surface area contributed by atoms with E-state index in [-0.39, 0.29) is 24.2 Å². The van der Waals surface area contributed by atoms with Crippen molar-refractivity contribution in [2.45, 2.75) is 38.5 Å². The van der Waals surface area contributed by atoms with Crippen molar-refractivity contribution in [3.05, 3.63) is 35.9 Å². The number of ketones is 1. The van der Waals surface area contributed by atoms with Crippen LogP contribution in [0.2, 0.25) is 0 Å². The minimum absolute atomic E-state index is 0.0254. The van der Waals surface area contributed by atoms with Gasteiger partial charge in [0.15, 0.2) is 5.78 Å². The van der Waals surface area contributed by atoms with E-state index in [1.54, 1.807) is 12.1 Å². The summed E-state index contributed by atoms with van der Waals surface area (Å²) in [6, 6.07) is 9.10. The van der Waals surface area contributed by atoms with Gasteiger partial charge >= 0.3 is 0 Å². The van der Waals surface area contributed by atoms with Gasteiger partial charge in [-0.3, -0.25) is 9.59 Å². The Morgan fingerprint density at radius 2 is 1.63 bits per heavy atom. The van der Waals surface area contributed by atoms with Gasteiger partial charge in [-0.1, -0.05) is 56.0 Å². The average Bonchev–Trinajstić information content (AvgIpc) is 2.74. The van der Waals surface area contributed by atoms with Crippen LogP contribution in [0.3, 0.4) is 0 Å². The predicted molar refractivity (Wildman–Crippen MR) is 75.0 cm³/mol. The lowest BCUT2D eigenvalue weighted by molar-refractivity contribution is -0.125. The fourth-order valence-corrected chi connectivity index (χ4v) is 2.58. The van der Waals surface area contributed by atoms with E-state index in [1.807, 2.05) is 18.2 Å². The van der Waals surface area contributed by atoms with Crippen LogP contribution in [0, 0.1) is 5.92 Å². The molecule has 102 valence electrons. The van der Waals surface area contributed by atoms with E-state index in [1.165, 1.54) is 12.8 Å². The highest BCUT2D eigenvalue weighted by Crippen LogP contribution is 2.22. The van der Waals surface area contributed by atoms with Crippen molar-refractivity contribution in [2.24, 2.45) is 5.92 Å². The molecule has 1 aliphatic rings. The number of rotatable bonds is 4. The third-order valence-corrected chi connectivity index (χ3v) is 3.74. The van der Waals surface area contributed by atoms with Crippen LogP contribution in [0.15, 0.2) is 30.3 Å². The van der Waals surface area contributed by atoms with Crippen molar-refractivity contribution in [1.29, 1.82) is 0 Å². The molecule has 19 heavy (non-hydrogen) atoms. The summed E-state index contributed by atoms with van der Waals surface area (Å²) in [5.41, 5.74) is 0.656. The number of hydrogen-bond donors (Lipinski definition) is 1. The van der Waals surface area contributed by atoms with Gasteiger partial charge in [-0.2, -0.15) is 0 Å². The van der Waals surface area contributed by atoms with Crippen LogP contribution in [0.1, 0.15) is 48.9 Å². The molecule has 1 aliphatic carbocycles. The van der Waals surface area contributed by atoms with E-state index < -0.39 is 0 Å². The Kier molecular flexibility index (Phi) is 5.13. The first-order valence-corrected chi connectivity index (χ1v) is 7.13. The molecule has 0 atom stereocenters. The maximum absolute atomic E-state index is 12.0.